The molecule has 0 spiro atoms. The second-order valence-electron chi connectivity index (χ2n) is 3.19. The van der Waals surface area contributed by atoms with Gasteiger partial charge in [0.25, 0.3) is 0 Å². The third-order valence-corrected chi connectivity index (χ3v) is 2.53. The summed E-state index contributed by atoms with van der Waals surface area (Å²) >= 11 is 0. The van der Waals surface area contributed by atoms with Gasteiger partial charge in [-0.2, -0.15) is 4.99 Å². The zero-order chi connectivity index (χ0) is 9.68. The largest absolute Gasteiger partial charge is 0.379 e. The summed E-state index contributed by atoms with van der Waals surface area (Å²) in [4.78, 5) is 13.9. The van der Waals surface area contributed by atoms with Gasteiger partial charge in [-0.15, -0.1) is 0 Å². The number of hydrogen-bond donors (Lipinski definition) is 0. The van der Waals surface area contributed by atoms with E-state index in [0.29, 0.717) is 0 Å². The average molecular weight is 185 g/mol. The summed E-state index contributed by atoms with van der Waals surface area (Å²) in [5.41, 5.74) is 0. The Bertz CT molecular complexity index is 201. The fourth-order valence-electron chi connectivity index (χ4n) is 1.87. The highest BCUT2D eigenvalue weighted by molar-refractivity contribution is 5.34. The number of methoxy groups -OCH3 is 2. The molecule has 0 bridgehead atoms. The van der Waals surface area contributed by atoms with E-state index in [-0.39, 0.29) is 18.2 Å². The van der Waals surface area contributed by atoms with Crippen LogP contribution in [0.4, 0.5) is 0 Å². The third-order valence-electron chi connectivity index (χ3n) is 2.53. The topological polar surface area (TPSA) is 47.9 Å². The van der Waals surface area contributed by atoms with Crippen LogP contribution in [0, 0.1) is 0 Å². The SMILES string of the molecule is COC1CCCC(N=C=O)C1OC. The van der Waals surface area contributed by atoms with Gasteiger partial charge in [-0.1, -0.05) is 0 Å². The maximum atomic E-state index is 10.1. The van der Waals surface area contributed by atoms with Crippen molar-refractivity contribution in [3.8, 4) is 0 Å². The number of isocyanates is 1. The van der Waals surface area contributed by atoms with Gasteiger partial charge in [-0.05, 0) is 19.3 Å². The summed E-state index contributed by atoms with van der Waals surface area (Å²) < 4.78 is 10.5. The molecular formula is C9H15NO3. The molecular weight excluding hydrogens is 170 g/mol. The summed E-state index contributed by atoms with van der Waals surface area (Å²) in [6, 6.07) is -0.0822. The van der Waals surface area contributed by atoms with Crippen LogP contribution in [0.25, 0.3) is 0 Å². The van der Waals surface area contributed by atoms with Gasteiger partial charge in [0.15, 0.2) is 0 Å². The number of rotatable bonds is 3. The first-order chi connectivity index (χ1) is 6.33. The van der Waals surface area contributed by atoms with Gasteiger partial charge >= 0.3 is 0 Å². The average Bonchev–Trinajstić information content (AvgIpc) is 2.18. The van der Waals surface area contributed by atoms with E-state index in [4.69, 9.17) is 9.47 Å². The maximum absolute atomic E-state index is 10.1. The van der Waals surface area contributed by atoms with E-state index in [1.165, 1.54) is 0 Å². The quantitative estimate of drug-likeness (QED) is 0.485. The molecule has 4 heteroatoms. The third kappa shape index (κ3) is 2.37. The van der Waals surface area contributed by atoms with Crippen LogP contribution >= 0.6 is 0 Å². The minimum absolute atomic E-state index is 0.0563. The van der Waals surface area contributed by atoms with E-state index in [1.807, 2.05) is 0 Å². The van der Waals surface area contributed by atoms with E-state index in [0.717, 1.165) is 19.3 Å². The number of nitrogens with zero attached hydrogens (tertiary/aromatic N) is 1. The Hall–Kier alpha value is -0.700. The molecule has 0 radical (unpaired) electrons. The molecule has 0 N–H and O–H groups in total. The molecule has 1 aliphatic carbocycles. The highest BCUT2D eigenvalue weighted by Gasteiger charge is 2.33. The molecule has 0 aromatic heterocycles. The predicted molar refractivity (Wildman–Crippen MR) is 47.4 cm³/mol. The van der Waals surface area contributed by atoms with E-state index >= 15 is 0 Å². The lowest BCUT2D eigenvalue weighted by Crippen LogP contribution is -2.42. The summed E-state index contributed by atoms with van der Waals surface area (Å²) in [5, 5.41) is 0. The molecule has 0 aliphatic heterocycles. The van der Waals surface area contributed by atoms with Crippen molar-refractivity contribution >= 4 is 6.08 Å². The Balaban J connectivity index is 2.66. The zero-order valence-corrected chi connectivity index (χ0v) is 8.03. The smallest absolute Gasteiger partial charge is 0.235 e. The monoisotopic (exact) mass is 185 g/mol. The Morgan fingerprint density at radius 1 is 1.31 bits per heavy atom. The molecule has 1 aliphatic rings. The lowest BCUT2D eigenvalue weighted by atomic mass is 9.90. The molecule has 74 valence electrons. The van der Waals surface area contributed by atoms with Crippen LogP contribution in [0.2, 0.25) is 0 Å². The van der Waals surface area contributed by atoms with Crippen molar-refractivity contribution in [2.24, 2.45) is 4.99 Å². The van der Waals surface area contributed by atoms with Crippen molar-refractivity contribution in [3.05, 3.63) is 0 Å². The van der Waals surface area contributed by atoms with Crippen molar-refractivity contribution in [1.82, 2.24) is 0 Å². The minimum Gasteiger partial charge on any atom is -0.379 e. The van der Waals surface area contributed by atoms with Gasteiger partial charge in [0.2, 0.25) is 6.08 Å². The standard InChI is InChI=1S/C9H15NO3/c1-12-8-5-3-4-7(10-6-11)9(8)13-2/h7-9H,3-5H2,1-2H3. The van der Waals surface area contributed by atoms with Crippen LogP contribution in [0.3, 0.4) is 0 Å². The van der Waals surface area contributed by atoms with Gasteiger partial charge < -0.3 is 9.47 Å². The van der Waals surface area contributed by atoms with Gasteiger partial charge in [-0.3, -0.25) is 0 Å². The Kier molecular flexibility index (Phi) is 4.09. The molecule has 0 heterocycles. The zero-order valence-electron chi connectivity index (χ0n) is 8.03. The molecule has 3 atom stereocenters. The van der Waals surface area contributed by atoms with Gasteiger partial charge in [0.1, 0.15) is 6.10 Å². The van der Waals surface area contributed by atoms with Crippen LogP contribution in [0.15, 0.2) is 4.99 Å². The fraction of sp³-hybridized carbons (Fsp3) is 0.889. The van der Waals surface area contributed by atoms with Crippen LogP contribution in [-0.4, -0.2) is 38.5 Å². The van der Waals surface area contributed by atoms with Gasteiger partial charge in [-0.25, -0.2) is 4.79 Å². The fourth-order valence-corrected chi connectivity index (χ4v) is 1.87. The number of hydrogen-bond acceptors (Lipinski definition) is 4. The van der Waals surface area contributed by atoms with Crippen molar-refractivity contribution in [2.75, 3.05) is 14.2 Å². The molecule has 0 amide bonds. The molecule has 0 aromatic carbocycles. The lowest BCUT2D eigenvalue weighted by Gasteiger charge is -2.33. The van der Waals surface area contributed by atoms with Crippen molar-refractivity contribution in [2.45, 2.75) is 37.5 Å². The van der Waals surface area contributed by atoms with Crippen LogP contribution in [0.5, 0.6) is 0 Å². The van der Waals surface area contributed by atoms with Crippen LogP contribution in [0.1, 0.15) is 19.3 Å². The molecule has 13 heavy (non-hydrogen) atoms. The molecule has 1 saturated carbocycles. The van der Waals surface area contributed by atoms with E-state index in [2.05, 4.69) is 4.99 Å². The summed E-state index contributed by atoms with van der Waals surface area (Å²) in [6.45, 7) is 0. The predicted octanol–water partition coefficient (Wildman–Crippen LogP) is 0.905. The Morgan fingerprint density at radius 2 is 2.08 bits per heavy atom. The summed E-state index contributed by atoms with van der Waals surface area (Å²) in [7, 11) is 3.28. The number of carbonyl (C=O) groups excluding carboxylic acids is 1. The van der Waals surface area contributed by atoms with Crippen molar-refractivity contribution < 1.29 is 14.3 Å². The molecule has 4 nitrogen and oxygen atoms in total. The number of ether oxygens (including phenoxy) is 2. The summed E-state index contributed by atoms with van der Waals surface area (Å²) in [6.07, 6.45) is 4.42. The first kappa shape index (κ1) is 10.4. The molecule has 1 fully saturated rings. The first-order valence-corrected chi connectivity index (χ1v) is 4.46. The maximum Gasteiger partial charge on any atom is 0.235 e. The summed E-state index contributed by atoms with van der Waals surface area (Å²) in [5.74, 6) is 0. The lowest BCUT2D eigenvalue weighted by molar-refractivity contribution is -0.0666. The second-order valence-corrected chi connectivity index (χ2v) is 3.19. The molecule has 0 aromatic rings. The highest BCUT2D eigenvalue weighted by Crippen LogP contribution is 2.25. The Labute approximate surface area is 77.9 Å². The number of aliphatic imine (C=N–C) groups is 1. The molecule has 3 unspecified atom stereocenters. The van der Waals surface area contributed by atoms with Crippen LogP contribution in [-0.2, 0) is 14.3 Å². The second kappa shape index (κ2) is 5.12. The van der Waals surface area contributed by atoms with Crippen molar-refractivity contribution in [1.29, 1.82) is 0 Å². The van der Waals surface area contributed by atoms with E-state index in [1.54, 1.807) is 20.3 Å². The normalized spacial score (nSPS) is 33.8. The van der Waals surface area contributed by atoms with Gasteiger partial charge in [0, 0.05) is 14.2 Å². The highest BCUT2D eigenvalue weighted by atomic mass is 16.5. The van der Waals surface area contributed by atoms with Crippen LogP contribution < -0.4 is 0 Å². The van der Waals surface area contributed by atoms with E-state index in [9.17, 15) is 4.79 Å². The van der Waals surface area contributed by atoms with Crippen molar-refractivity contribution in [3.63, 3.8) is 0 Å². The minimum atomic E-state index is -0.0970. The van der Waals surface area contributed by atoms with E-state index < -0.39 is 0 Å². The molecule has 1 rings (SSSR count). The van der Waals surface area contributed by atoms with Gasteiger partial charge in [0.05, 0.1) is 12.1 Å². The Morgan fingerprint density at radius 3 is 2.62 bits per heavy atom. The molecule has 0 saturated heterocycles. The first-order valence-electron chi connectivity index (χ1n) is 4.46.